The van der Waals surface area contributed by atoms with Crippen molar-refractivity contribution >= 4 is 22.6 Å². The van der Waals surface area contributed by atoms with Crippen molar-refractivity contribution in [3.63, 3.8) is 0 Å². The molecule has 5 heterocycles. The molecule has 0 amide bonds. The van der Waals surface area contributed by atoms with Gasteiger partial charge in [0, 0.05) is 6.54 Å². The highest BCUT2D eigenvalue weighted by atomic mass is 16.5. The highest BCUT2D eigenvalue weighted by Crippen LogP contribution is 2.29. The topological polar surface area (TPSA) is 113 Å². The third-order valence-corrected chi connectivity index (χ3v) is 6.88. The van der Waals surface area contributed by atoms with Crippen LogP contribution >= 0.6 is 0 Å². The van der Waals surface area contributed by atoms with Gasteiger partial charge in [0.15, 0.2) is 17.1 Å². The molecule has 2 N–H and O–H groups in total. The molecule has 4 aromatic heterocycles. The second-order valence-electron chi connectivity index (χ2n) is 9.26. The van der Waals surface area contributed by atoms with E-state index in [4.69, 9.17) is 14.9 Å². The Morgan fingerprint density at radius 3 is 2.64 bits per heavy atom. The van der Waals surface area contributed by atoms with Crippen LogP contribution in [-0.2, 0) is 6.54 Å². The molecule has 1 saturated heterocycles. The van der Waals surface area contributed by atoms with Gasteiger partial charge in [-0.1, -0.05) is 19.1 Å². The minimum absolute atomic E-state index is 0.275. The van der Waals surface area contributed by atoms with Crippen LogP contribution in [0.5, 0.6) is 5.75 Å². The predicted octanol–water partition coefficient (Wildman–Crippen LogP) is 3.98. The maximum Gasteiger partial charge on any atom is 0.225 e. The Hall–Kier alpha value is -3.92. The van der Waals surface area contributed by atoms with Gasteiger partial charge in [-0.3, -0.25) is 0 Å². The number of nitrogens with zero attached hydrogens (tertiary/aromatic N) is 7. The van der Waals surface area contributed by atoms with Crippen LogP contribution in [0.4, 0.5) is 5.95 Å². The lowest BCUT2D eigenvalue weighted by atomic mass is 9.89. The fraction of sp³-hybridized carbons (Fsp3) is 0.385. The van der Waals surface area contributed by atoms with Gasteiger partial charge < -0.3 is 19.8 Å². The molecule has 0 spiro atoms. The van der Waals surface area contributed by atoms with Crippen LogP contribution in [0.25, 0.3) is 28.3 Å². The van der Waals surface area contributed by atoms with Crippen LogP contribution < -0.4 is 10.5 Å². The first-order chi connectivity index (χ1) is 17.7. The van der Waals surface area contributed by atoms with E-state index < -0.39 is 0 Å². The zero-order chi connectivity index (χ0) is 24.5. The highest BCUT2D eigenvalue weighted by Gasteiger charge is 2.22. The number of rotatable bonds is 8. The van der Waals surface area contributed by atoms with E-state index in [2.05, 4.69) is 56.3 Å². The summed E-state index contributed by atoms with van der Waals surface area (Å²) in [5, 5.41) is 9.87. The van der Waals surface area contributed by atoms with Crippen molar-refractivity contribution in [2.75, 3.05) is 32.0 Å². The summed E-state index contributed by atoms with van der Waals surface area (Å²) in [6, 6.07) is 12.3. The molecule has 10 heteroatoms. The minimum Gasteiger partial charge on any atom is -0.494 e. The molecular weight excluding hydrogens is 456 g/mol. The molecule has 0 atom stereocenters. The van der Waals surface area contributed by atoms with Crippen molar-refractivity contribution in [1.29, 1.82) is 0 Å². The summed E-state index contributed by atoms with van der Waals surface area (Å²) in [5.41, 5.74) is 8.97. The number of ether oxygens (including phenoxy) is 1. The second kappa shape index (κ2) is 9.62. The molecule has 0 saturated carbocycles. The van der Waals surface area contributed by atoms with Crippen molar-refractivity contribution in [2.24, 2.45) is 0 Å². The van der Waals surface area contributed by atoms with Gasteiger partial charge in [0.25, 0.3) is 0 Å². The first kappa shape index (κ1) is 22.5. The number of nitrogen functional groups attached to an aromatic ring is 1. The number of furan rings is 1. The van der Waals surface area contributed by atoms with Crippen molar-refractivity contribution < 1.29 is 9.15 Å². The second-order valence-corrected chi connectivity index (χ2v) is 9.26. The Bertz CT molecular complexity index is 1450. The lowest BCUT2D eigenvalue weighted by Crippen LogP contribution is -2.35. The maximum atomic E-state index is 6.22. The summed E-state index contributed by atoms with van der Waals surface area (Å²) in [7, 11) is 0. The van der Waals surface area contributed by atoms with Gasteiger partial charge in [0.1, 0.15) is 5.75 Å². The Morgan fingerprint density at radius 2 is 1.89 bits per heavy atom. The first-order valence-corrected chi connectivity index (χ1v) is 12.6. The summed E-state index contributed by atoms with van der Waals surface area (Å²) in [5.74, 6) is 2.89. The van der Waals surface area contributed by atoms with Gasteiger partial charge in [-0.2, -0.15) is 14.6 Å². The third-order valence-electron chi connectivity index (χ3n) is 6.88. The molecule has 10 nitrogen and oxygen atoms in total. The fourth-order valence-electron chi connectivity index (χ4n) is 4.91. The van der Waals surface area contributed by atoms with E-state index in [9.17, 15) is 0 Å². The summed E-state index contributed by atoms with van der Waals surface area (Å²) >= 11 is 0. The monoisotopic (exact) mass is 486 g/mol. The van der Waals surface area contributed by atoms with Crippen LogP contribution in [0.1, 0.15) is 37.7 Å². The van der Waals surface area contributed by atoms with E-state index in [0.29, 0.717) is 23.1 Å². The van der Waals surface area contributed by atoms with E-state index in [1.54, 1.807) is 23.0 Å². The fourth-order valence-corrected chi connectivity index (χ4v) is 4.91. The van der Waals surface area contributed by atoms with Gasteiger partial charge in [-0.15, -0.1) is 5.10 Å². The molecule has 6 rings (SSSR count). The van der Waals surface area contributed by atoms with Gasteiger partial charge in [-0.05, 0) is 68.1 Å². The van der Waals surface area contributed by atoms with E-state index in [0.717, 1.165) is 68.8 Å². The Kier molecular flexibility index (Phi) is 6.02. The molecule has 0 aliphatic carbocycles. The Morgan fingerprint density at radius 1 is 1.06 bits per heavy atom. The van der Waals surface area contributed by atoms with E-state index in [1.165, 1.54) is 5.56 Å². The number of hydrogen-bond donors (Lipinski definition) is 1. The van der Waals surface area contributed by atoms with Crippen LogP contribution in [-0.4, -0.2) is 60.5 Å². The van der Waals surface area contributed by atoms with E-state index in [1.807, 2.05) is 10.7 Å². The maximum absolute atomic E-state index is 6.22. The summed E-state index contributed by atoms with van der Waals surface area (Å²) in [6.45, 7) is 6.66. The summed E-state index contributed by atoms with van der Waals surface area (Å²) in [6.07, 6.45) is 6.71. The lowest BCUT2D eigenvalue weighted by Gasteiger charge is -2.32. The van der Waals surface area contributed by atoms with E-state index >= 15 is 0 Å². The van der Waals surface area contributed by atoms with Crippen molar-refractivity contribution in [1.82, 2.24) is 34.3 Å². The number of aromatic nitrogens is 6. The highest BCUT2D eigenvalue weighted by molar-refractivity contribution is 5.90. The summed E-state index contributed by atoms with van der Waals surface area (Å²) < 4.78 is 14.6. The largest absolute Gasteiger partial charge is 0.494 e. The van der Waals surface area contributed by atoms with Crippen LogP contribution in [0, 0.1) is 0 Å². The molecule has 1 aromatic carbocycles. The molecule has 36 heavy (non-hydrogen) atoms. The zero-order valence-corrected chi connectivity index (χ0v) is 20.4. The minimum atomic E-state index is 0.275. The third kappa shape index (κ3) is 4.28. The molecule has 186 valence electrons. The first-order valence-electron chi connectivity index (χ1n) is 12.6. The Labute approximate surface area is 208 Å². The average molecular weight is 487 g/mol. The van der Waals surface area contributed by atoms with E-state index in [-0.39, 0.29) is 5.95 Å². The Balaban J connectivity index is 1.11. The zero-order valence-electron chi connectivity index (χ0n) is 20.4. The number of nitrogens with two attached hydrogens (primary N) is 1. The number of likely N-dealkylation sites (tertiary alicyclic amines) is 1. The molecule has 1 fully saturated rings. The smallest absolute Gasteiger partial charge is 0.225 e. The summed E-state index contributed by atoms with van der Waals surface area (Å²) in [4.78, 5) is 11.7. The molecule has 0 radical (unpaired) electrons. The van der Waals surface area contributed by atoms with Crippen LogP contribution in [0.3, 0.4) is 0 Å². The van der Waals surface area contributed by atoms with Crippen LogP contribution in [0.15, 0.2) is 53.3 Å². The van der Waals surface area contributed by atoms with Crippen molar-refractivity contribution in [2.45, 2.75) is 38.6 Å². The average Bonchev–Trinajstić information content (AvgIpc) is 3.67. The molecular formula is C26H30N8O2. The van der Waals surface area contributed by atoms with Gasteiger partial charge in [0.2, 0.25) is 11.8 Å². The number of anilines is 1. The lowest BCUT2D eigenvalue weighted by molar-refractivity contribution is 0.203. The normalized spacial score (nSPS) is 15.2. The number of hydrogen-bond acceptors (Lipinski definition) is 8. The van der Waals surface area contributed by atoms with Gasteiger partial charge >= 0.3 is 0 Å². The molecule has 1 aliphatic heterocycles. The SMILES string of the molecule is CCCOc1ccc(C2CCN(CCn3ncc4c3nc(N)n3nc(-c5ccco5)nc43)CC2)cc1. The molecule has 5 aromatic rings. The number of piperidine rings is 1. The predicted molar refractivity (Wildman–Crippen MR) is 137 cm³/mol. The molecule has 0 bridgehead atoms. The van der Waals surface area contributed by atoms with Crippen LogP contribution in [0.2, 0.25) is 0 Å². The van der Waals surface area contributed by atoms with Crippen molar-refractivity contribution in [3.8, 4) is 17.3 Å². The molecule has 1 aliphatic rings. The number of benzene rings is 1. The van der Waals surface area contributed by atoms with Gasteiger partial charge in [0.05, 0.1) is 31.0 Å². The molecule has 0 unspecified atom stereocenters. The van der Waals surface area contributed by atoms with Gasteiger partial charge in [-0.25, -0.2) is 9.67 Å². The quantitative estimate of drug-likeness (QED) is 0.350. The number of fused-ring (bicyclic) bond motifs is 3. The standard InChI is InChI=1S/C26H30N8O2/c1-2-15-35-20-7-5-18(6-8-20)19-9-11-32(12-10-19)13-14-33-24-21(17-28-33)25-29-23(22-4-3-16-36-22)31-34(25)26(27)30-24/h3-8,16-17,19H,2,9-15H2,1H3,(H2,27,30). The van der Waals surface area contributed by atoms with Crippen molar-refractivity contribution in [3.05, 3.63) is 54.4 Å².